The van der Waals surface area contributed by atoms with Gasteiger partial charge in [0.15, 0.2) is 11.6 Å². The number of rotatable bonds is 6. The van der Waals surface area contributed by atoms with Crippen molar-refractivity contribution in [1.82, 2.24) is 15.0 Å². The van der Waals surface area contributed by atoms with E-state index < -0.39 is 15.8 Å². The van der Waals surface area contributed by atoms with Crippen LogP contribution in [0.25, 0.3) is 10.9 Å². The van der Waals surface area contributed by atoms with Crippen LogP contribution in [0.5, 0.6) is 0 Å². The minimum absolute atomic E-state index is 0.0549. The Balaban J connectivity index is 1.64. The van der Waals surface area contributed by atoms with Gasteiger partial charge in [0.2, 0.25) is 16.0 Å². The topological polar surface area (TPSA) is 150 Å². The predicted molar refractivity (Wildman–Crippen MR) is 114 cm³/mol. The standard InChI is InChI=1S/C20H16FN7O2S/c21-16-11-25-20(26-13-3-1-4-14(9-13)31(23,29)30)28-19(16)27-17-6-2-5-15-12(7-8-22)10-24-18(15)17/h1-6,9-11,24H,7H2,(H2,23,29,30)(H2,25,26,27,28). The van der Waals surface area contributed by atoms with Crippen molar-refractivity contribution < 1.29 is 12.8 Å². The van der Waals surface area contributed by atoms with E-state index in [1.807, 2.05) is 6.07 Å². The molecular formula is C20H16FN7O2S. The summed E-state index contributed by atoms with van der Waals surface area (Å²) in [4.78, 5) is 11.1. The fourth-order valence-electron chi connectivity index (χ4n) is 3.07. The van der Waals surface area contributed by atoms with Crippen molar-refractivity contribution in [3.8, 4) is 6.07 Å². The lowest BCUT2D eigenvalue weighted by Crippen LogP contribution is -2.12. The van der Waals surface area contributed by atoms with Crippen LogP contribution in [0.15, 0.2) is 59.8 Å². The molecule has 31 heavy (non-hydrogen) atoms. The van der Waals surface area contributed by atoms with E-state index in [2.05, 4.69) is 31.7 Å². The van der Waals surface area contributed by atoms with Crippen molar-refractivity contribution in [3.05, 3.63) is 66.2 Å². The van der Waals surface area contributed by atoms with Gasteiger partial charge in [0.1, 0.15) is 0 Å². The smallest absolute Gasteiger partial charge is 0.238 e. The zero-order valence-electron chi connectivity index (χ0n) is 15.9. The molecule has 156 valence electrons. The van der Waals surface area contributed by atoms with Gasteiger partial charge in [0, 0.05) is 17.3 Å². The van der Waals surface area contributed by atoms with Crippen LogP contribution in [0, 0.1) is 17.1 Å². The Morgan fingerprint density at radius 1 is 1.19 bits per heavy atom. The van der Waals surface area contributed by atoms with Crippen molar-refractivity contribution in [2.24, 2.45) is 5.14 Å². The van der Waals surface area contributed by atoms with Crippen LogP contribution >= 0.6 is 0 Å². The zero-order chi connectivity index (χ0) is 22.0. The number of fused-ring (bicyclic) bond motifs is 1. The van der Waals surface area contributed by atoms with Gasteiger partial charge in [-0.05, 0) is 29.8 Å². The molecule has 2 aromatic carbocycles. The molecule has 2 aromatic heterocycles. The summed E-state index contributed by atoms with van der Waals surface area (Å²) in [6, 6.07) is 13.3. The SMILES string of the molecule is N#CCc1c[nH]c2c(Nc3nc(Nc4cccc(S(N)(=O)=O)c4)ncc3F)cccc12. The number of hydrogen-bond acceptors (Lipinski definition) is 7. The number of sulfonamides is 1. The first-order valence-electron chi connectivity index (χ1n) is 9.00. The molecule has 9 nitrogen and oxygen atoms in total. The number of anilines is 4. The molecule has 0 aliphatic carbocycles. The molecule has 0 aliphatic heterocycles. The average Bonchev–Trinajstić information content (AvgIpc) is 3.14. The predicted octanol–water partition coefficient (Wildman–Crippen LogP) is 3.30. The van der Waals surface area contributed by atoms with Gasteiger partial charge < -0.3 is 15.6 Å². The van der Waals surface area contributed by atoms with Crippen LogP contribution in [0.3, 0.4) is 0 Å². The number of nitrogens with zero attached hydrogens (tertiary/aromatic N) is 3. The Labute approximate surface area is 176 Å². The van der Waals surface area contributed by atoms with Crippen molar-refractivity contribution in [2.45, 2.75) is 11.3 Å². The van der Waals surface area contributed by atoms with E-state index in [4.69, 9.17) is 10.4 Å². The van der Waals surface area contributed by atoms with E-state index in [1.165, 1.54) is 18.2 Å². The molecule has 5 N–H and O–H groups in total. The molecule has 0 saturated heterocycles. The first-order chi connectivity index (χ1) is 14.8. The van der Waals surface area contributed by atoms with Gasteiger partial charge in [-0.25, -0.2) is 22.9 Å². The molecule has 0 radical (unpaired) electrons. The molecule has 4 rings (SSSR count). The van der Waals surface area contributed by atoms with Crippen LogP contribution in [-0.4, -0.2) is 23.4 Å². The maximum atomic E-state index is 14.4. The maximum Gasteiger partial charge on any atom is 0.238 e. The molecule has 2 heterocycles. The second kappa shape index (κ2) is 8.02. The highest BCUT2D eigenvalue weighted by Gasteiger charge is 2.13. The molecule has 11 heteroatoms. The number of hydrogen-bond donors (Lipinski definition) is 4. The summed E-state index contributed by atoms with van der Waals surface area (Å²) in [5.41, 5.74) is 2.49. The summed E-state index contributed by atoms with van der Waals surface area (Å²) in [5.74, 6) is -0.701. The number of aromatic amines is 1. The number of primary sulfonamides is 1. The van der Waals surface area contributed by atoms with E-state index in [1.54, 1.807) is 24.4 Å². The quantitative estimate of drug-likeness (QED) is 0.361. The lowest BCUT2D eigenvalue weighted by atomic mass is 10.1. The third-order valence-corrected chi connectivity index (χ3v) is 5.40. The lowest BCUT2D eigenvalue weighted by molar-refractivity contribution is 0.598. The molecule has 0 spiro atoms. The molecule has 0 saturated carbocycles. The number of nitriles is 1. The summed E-state index contributed by atoms with van der Waals surface area (Å²) >= 11 is 0. The van der Waals surface area contributed by atoms with Gasteiger partial charge in [-0.15, -0.1) is 0 Å². The summed E-state index contributed by atoms with van der Waals surface area (Å²) in [7, 11) is -3.87. The fraction of sp³-hybridized carbons (Fsp3) is 0.0500. The Morgan fingerprint density at radius 2 is 2.00 bits per heavy atom. The summed E-state index contributed by atoms with van der Waals surface area (Å²) in [6.07, 6.45) is 2.98. The fourth-order valence-corrected chi connectivity index (χ4v) is 3.63. The van der Waals surface area contributed by atoms with E-state index in [-0.39, 0.29) is 23.1 Å². The third kappa shape index (κ3) is 4.30. The van der Waals surface area contributed by atoms with Crippen molar-refractivity contribution in [3.63, 3.8) is 0 Å². The highest BCUT2D eigenvalue weighted by molar-refractivity contribution is 7.89. The molecule has 0 atom stereocenters. The van der Waals surface area contributed by atoms with Crippen molar-refractivity contribution in [1.29, 1.82) is 5.26 Å². The number of nitrogens with two attached hydrogens (primary N) is 1. The van der Waals surface area contributed by atoms with E-state index in [9.17, 15) is 12.8 Å². The first kappa shape index (κ1) is 20.3. The molecule has 4 aromatic rings. The minimum atomic E-state index is -3.87. The number of halogens is 1. The number of nitrogens with one attached hydrogen (secondary N) is 3. The first-order valence-corrected chi connectivity index (χ1v) is 10.5. The second-order valence-corrected chi connectivity index (χ2v) is 8.15. The van der Waals surface area contributed by atoms with Crippen molar-refractivity contribution in [2.75, 3.05) is 10.6 Å². The van der Waals surface area contributed by atoms with Gasteiger partial charge in [-0.2, -0.15) is 10.2 Å². The van der Waals surface area contributed by atoms with E-state index >= 15 is 0 Å². The van der Waals surface area contributed by atoms with Crippen LogP contribution < -0.4 is 15.8 Å². The van der Waals surface area contributed by atoms with Gasteiger partial charge in [0.05, 0.1) is 34.8 Å². The van der Waals surface area contributed by atoms with Crippen LogP contribution in [-0.2, 0) is 16.4 Å². The highest BCUT2D eigenvalue weighted by Crippen LogP contribution is 2.29. The number of H-pyrrole nitrogens is 1. The van der Waals surface area contributed by atoms with E-state index in [0.717, 1.165) is 17.1 Å². The Hall–Kier alpha value is -4.01. The van der Waals surface area contributed by atoms with Gasteiger partial charge in [-0.3, -0.25) is 0 Å². The minimum Gasteiger partial charge on any atom is -0.359 e. The van der Waals surface area contributed by atoms with Crippen LogP contribution in [0.4, 0.5) is 27.5 Å². The largest absolute Gasteiger partial charge is 0.359 e. The summed E-state index contributed by atoms with van der Waals surface area (Å²) in [6.45, 7) is 0. The van der Waals surface area contributed by atoms with E-state index in [0.29, 0.717) is 16.9 Å². The van der Waals surface area contributed by atoms with Gasteiger partial charge in [0.25, 0.3) is 0 Å². The number of benzene rings is 2. The number of aromatic nitrogens is 3. The molecule has 0 amide bonds. The van der Waals surface area contributed by atoms with Crippen molar-refractivity contribution >= 4 is 44.1 Å². The normalized spacial score (nSPS) is 11.3. The third-order valence-electron chi connectivity index (χ3n) is 4.49. The molecule has 0 bridgehead atoms. The lowest BCUT2D eigenvalue weighted by Gasteiger charge is -2.11. The maximum absolute atomic E-state index is 14.4. The Morgan fingerprint density at radius 3 is 2.77 bits per heavy atom. The molecule has 0 unspecified atom stereocenters. The average molecular weight is 437 g/mol. The highest BCUT2D eigenvalue weighted by atomic mass is 32.2. The molecule has 0 aliphatic rings. The molecule has 0 fully saturated rings. The monoisotopic (exact) mass is 437 g/mol. The summed E-state index contributed by atoms with van der Waals surface area (Å²) < 4.78 is 37.4. The zero-order valence-corrected chi connectivity index (χ0v) is 16.7. The van der Waals surface area contributed by atoms with Gasteiger partial charge >= 0.3 is 0 Å². The Kier molecular flexibility index (Phi) is 5.24. The molecular weight excluding hydrogens is 421 g/mol. The Bertz CT molecular complexity index is 1430. The van der Waals surface area contributed by atoms with Gasteiger partial charge in [-0.1, -0.05) is 18.2 Å². The second-order valence-electron chi connectivity index (χ2n) is 6.59. The number of para-hydroxylation sites is 1. The van der Waals surface area contributed by atoms with Crippen LogP contribution in [0.1, 0.15) is 5.56 Å². The van der Waals surface area contributed by atoms with Crippen LogP contribution in [0.2, 0.25) is 0 Å². The summed E-state index contributed by atoms with van der Waals surface area (Å²) in [5, 5.41) is 20.7.